The average Bonchev–Trinajstić information content (AvgIpc) is 2.49. The van der Waals surface area contributed by atoms with Crippen molar-refractivity contribution in [1.29, 1.82) is 0 Å². The van der Waals surface area contributed by atoms with E-state index in [1.165, 1.54) is 0 Å². The molecule has 0 radical (unpaired) electrons. The lowest BCUT2D eigenvalue weighted by atomic mass is 9.83. The van der Waals surface area contributed by atoms with Crippen molar-refractivity contribution < 1.29 is 14.2 Å². The molecule has 1 saturated heterocycles. The Hall–Kier alpha value is -0.620. The molecule has 1 fully saturated rings. The molecular weight excluding hydrogens is 334 g/mol. The first kappa shape index (κ1) is 16.7. The Kier molecular flexibility index (Phi) is 6.05. The van der Waals surface area contributed by atoms with Gasteiger partial charge in [0.15, 0.2) is 0 Å². The molecule has 2 N–H and O–H groups in total. The van der Waals surface area contributed by atoms with E-state index in [1.807, 2.05) is 19.1 Å². The van der Waals surface area contributed by atoms with Gasteiger partial charge < -0.3 is 19.9 Å². The van der Waals surface area contributed by atoms with Crippen molar-refractivity contribution in [2.45, 2.75) is 37.8 Å². The van der Waals surface area contributed by atoms with Crippen LogP contribution in [0.5, 0.6) is 5.75 Å². The molecule has 118 valence electrons. The van der Waals surface area contributed by atoms with Gasteiger partial charge in [-0.15, -0.1) is 0 Å². The fourth-order valence-corrected chi connectivity index (χ4v) is 3.36. The molecule has 2 rings (SSSR count). The van der Waals surface area contributed by atoms with Gasteiger partial charge in [0.05, 0.1) is 12.7 Å². The van der Waals surface area contributed by atoms with Gasteiger partial charge in [0.25, 0.3) is 0 Å². The fourth-order valence-electron chi connectivity index (χ4n) is 2.96. The van der Waals surface area contributed by atoms with E-state index in [4.69, 9.17) is 19.9 Å². The number of rotatable bonds is 6. The molecule has 21 heavy (non-hydrogen) atoms. The van der Waals surface area contributed by atoms with Crippen LogP contribution in [0.25, 0.3) is 0 Å². The summed E-state index contributed by atoms with van der Waals surface area (Å²) in [6, 6.07) is 5.92. The number of hydrogen-bond donors (Lipinski definition) is 1. The first-order valence-corrected chi connectivity index (χ1v) is 8.20. The third-order valence-corrected chi connectivity index (χ3v) is 4.62. The zero-order valence-corrected chi connectivity index (χ0v) is 14.3. The minimum Gasteiger partial charge on any atom is -0.496 e. The molecule has 4 nitrogen and oxygen atoms in total. The molecule has 0 aromatic heterocycles. The summed E-state index contributed by atoms with van der Waals surface area (Å²) in [6.07, 6.45) is 2.42. The number of nitrogens with two attached hydrogens (primary N) is 1. The van der Waals surface area contributed by atoms with E-state index in [9.17, 15) is 0 Å². The van der Waals surface area contributed by atoms with Gasteiger partial charge in [0.1, 0.15) is 5.75 Å². The van der Waals surface area contributed by atoms with E-state index < -0.39 is 0 Å². The topological polar surface area (TPSA) is 53.7 Å². The van der Waals surface area contributed by atoms with Gasteiger partial charge in [0, 0.05) is 43.2 Å². The Balaban J connectivity index is 2.18. The summed E-state index contributed by atoms with van der Waals surface area (Å²) in [5.41, 5.74) is 7.33. The lowest BCUT2D eigenvalue weighted by molar-refractivity contribution is -0.120. The predicted octanol–water partition coefficient (Wildman–Crippen LogP) is 2.91. The first-order chi connectivity index (χ1) is 10.1. The van der Waals surface area contributed by atoms with Gasteiger partial charge in [-0.25, -0.2) is 0 Å². The zero-order valence-electron chi connectivity index (χ0n) is 12.7. The predicted molar refractivity (Wildman–Crippen MR) is 86.8 cm³/mol. The Morgan fingerprint density at radius 3 is 2.71 bits per heavy atom. The van der Waals surface area contributed by atoms with Crippen molar-refractivity contribution in [1.82, 2.24) is 0 Å². The smallest absolute Gasteiger partial charge is 0.122 e. The number of benzene rings is 1. The van der Waals surface area contributed by atoms with Crippen molar-refractivity contribution in [2.24, 2.45) is 5.73 Å². The highest BCUT2D eigenvalue weighted by Crippen LogP contribution is 2.32. The molecule has 1 aliphatic heterocycles. The monoisotopic (exact) mass is 357 g/mol. The van der Waals surface area contributed by atoms with Crippen LogP contribution in [0.2, 0.25) is 0 Å². The van der Waals surface area contributed by atoms with Gasteiger partial charge in [-0.1, -0.05) is 15.9 Å². The molecular formula is C16H24BrNO3. The summed E-state index contributed by atoms with van der Waals surface area (Å²) >= 11 is 3.51. The van der Waals surface area contributed by atoms with Gasteiger partial charge in [0.2, 0.25) is 0 Å². The molecule has 0 aliphatic carbocycles. The fraction of sp³-hybridized carbons (Fsp3) is 0.625. The summed E-state index contributed by atoms with van der Waals surface area (Å²) in [7, 11) is 1.69. The molecule has 0 saturated carbocycles. The maximum absolute atomic E-state index is 6.52. The lowest BCUT2D eigenvalue weighted by Gasteiger charge is -2.41. The maximum atomic E-state index is 6.52. The Bertz CT molecular complexity index is 455. The number of ether oxygens (including phenoxy) is 3. The molecule has 1 atom stereocenters. The van der Waals surface area contributed by atoms with Crippen LogP contribution in [0.3, 0.4) is 0 Å². The summed E-state index contributed by atoms with van der Waals surface area (Å²) in [6.45, 7) is 4.11. The lowest BCUT2D eigenvalue weighted by Crippen LogP contribution is -2.54. The van der Waals surface area contributed by atoms with E-state index in [0.29, 0.717) is 19.8 Å². The van der Waals surface area contributed by atoms with Gasteiger partial charge in [-0.05, 0) is 37.1 Å². The van der Waals surface area contributed by atoms with Crippen LogP contribution in [0, 0.1) is 0 Å². The standard InChI is InChI=1S/C16H24BrNO3/c1-3-21-16(6-8-20-9-7-16)15(18)11-12-10-13(17)4-5-14(12)19-2/h4-5,10,15H,3,6-9,11,18H2,1-2H3. The number of methoxy groups -OCH3 is 1. The van der Waals surface area contributed by atoms with E-state index in [2.05, 4.69) is 22.0 Å². The minimum atomic E-state index is -0.291. The van der Waals surface area contributed by atoms with Crippen LogP contribution in [0.1, 0.15) is 25.3 Å². The SMILES string of the molecule is CCOC1(C(N)Cc2cc(Br)ccc2OC)CCOCC1. The van der Waals surface area contributed by atoms with Crippen LogP contribution in [0.4, 0.5) is 0 Å². The molecule has 1 aromatic rings. The van der Waals surface area contributed by atoms with Crippen molar-refractivity contribution >= 4 is 15.9 Å². The van der Waals surface area contributed by atoms with Gasteiger partial charge in [-0.3, -0.25) is 0 Å². The van der Waals surface area contributed by atoms with Crippen molar-refractivity contribution in [2.75, 3.05) is 26.9 Å². The highest BCUT2D eigenvalue weighted by Gasteiger charge is 2.39. The van der Waals surface area contributed by atoms with Crippen LogP contribution in [-0.4, -0.2) is 38.6 Å². The second-order valence-corrected chi connectivity index (χ2v) is 6.29. The number of halogens is 1. The average molecular weight is 358 g/mol. The quantitative estimate of drug-likeness (QED) is 0.850. The van der Waals surface area contributed by atoms with E-state index >= 15 is 0 Å². The molecule has 1 aliphatic rings. The maximum Gasteiger partial charge on any atom is 0.122 e. The molecule has 5 heteroatoms. The molecule has 1 aromatic carbocycles. The highest BCUT2D eigenvalue weighted by atomic mass is 79.9. The van der Waals surface area contributed by atoms with Gasteiger partial charge >= 0.3 is 0 Å². The third-order valence-electron chi connectivity index (χ3n) is 4.13. The summed E-state index contributed by atoms with van der Waals surface area (Å²) in [5, 5.41) is 0. The largest absolute Gasteiger partial charge is 0.496 e. The Labute approximate surface area is 135 Å². The molecule has 0 bridgehead atoms. The Morgan fingerprint density at radius 1 is 1.38 bits per heavy atom. The van der Waals surface area contributed by atoms with Crippen LogP contribution in [0.15, 0.2) is 22.7 Å². The zero-order chi connectivity index (χ0) is 15.3. The van der Waals surface area contributed by atoms with E-state index in [1.54, 1.807) is 7.11 Å². The van der Waals surface area contributed by atoms with Gasteiger partial charge in [-0.2, -0.15) is 0 Å². The first-order valence-electron chi connectivity index (χ1n) is 7.41. The van der Waals surface area contributed by atoms with E-state index in [-0.39, 0.29) is 11.6 Å². The molecule has 1 heterocycles. The molecule has 0 spiro atoms. The normalized spacial score (nSPS) is 19.2. The number of hydrogen-bond acceptors (Lipinski definition) is 4. The highest BCUT2D eigenvalue weighted by molar-refractivity contribution is 9.10. The Morgan fingerprint density at radius 2 is 2.10 bits per heavy atom. The third kappa shape index (κ3) is 3.97. The molecule has 0 amide bonds. The molecule has 1 unspecified atom stereocenters. The van der Waals surface area contributed by atoms with Crippen LogP contribution < -0.4 is 10.5 Å². The van der Waals surface area contributed by atoms with E-state index in [0.717, 1.165) is 35.0 Å². The van der Waals surface area contributed by atoms with Crippen LogP contribution >= 0.6 is 15.9 Å². The van der Waals surface area contributed by atoms with Crippen molar-refractivity contribution in [3.8, 4) is 5.75 Å². The second kappa shape index (κ2) is 7.58. The summed E-state index contributed by atoms with van der Waals surface area (Å²) in [5.74, 6) is 0.868. The summed E-state index contributed by atoms with van der Waals surface area (Å²) < 4.78 is 18.0. The summed E-state index contributed by atoms with van der Waals surface area (Å²) in [4.78, 5) is 0. The van der Waals surface area contributed by atoms with Crippen molar-refractivity contribution in [3.05, 3.63) is 28.2 Å². The second-order valence-electron chi connectivity index (χ2n) is 5.38. The minimum absolute atomic E-state index is 0.0791. The van der Waals surface area contributed by atoms with Crippen LogP contribution in [-0.2, 0) is 15.9 Å². The van der Waals surface area contributed by atoms with Crippen molar-refractivity contribution in [3.63, 3.8) is 0 Å².